The Kier molecular flexibility index (Phi) is 6.96. The van der Waals surface area contributed by atoms with Gasteiger partial charge in [0.25, 0.3) is 0 Å². The van der Waals surface area contributed by atoms with Gasteiger partial charge >= 0.3 is 5.97 Å². The summed E-state index contributed by atoms with van der Waals surface area (Å²) in [6.45, 7) is 5.46. The monoisotopic (exact) mass is 345 g/mol. The van der Waals surface area contributed by atoms with E-state index in [-0.39, 0.29) is 12.1 Å². The van der Waals surface area contributed by atoms with E-state index in [2.05, 4.69) is 4.90 Å². The first-order chi connectivity index (χ1) is 10.6. The van der Waals surface area contributed by atoms with E-state index in [4.69, 9.17) is 32.7 Å². The normalized spacial score (nSPS) is 19.1. The Morgan fingerprint density at radius 2 is 2.23 bits per heavy atom. The fourth-order valence-electron chi connectivity index (χ4n) is 2.50. The van der Waals surface area contributed by atoms with Gasteiger partial charge in [0.2, 0.25) is 0 Å². The Bertz CT molecular complexity index is 510. The Hall–Kier alpha value is -0.810. The molecule has 0 saturated carbocycles. The van der Waals surface area contributed by atoms with E-state index in [1.807, 2.05) is 19.1 Å². The number of morpholine rings is 1. The minimum Gasteiger partial charge on any atom is -0.466 e. The van der Waals surface area contributed by atoms with Crippen LogP contribution in [0.2, 0.25) is 10.0 Å². The molecule has 1 aromatic carbocycles. The third kappa shape index (κ3) is 5.13. The zero-order valence-electron chi connectivity index (χ0n) is 12.7. The Labute approximate surface area is 141 Å². The molecular weight excluding hydrogens is 325 g/mol. The van der Waals surface area contributed by atoms with Crippen LogP contribution in [-0.2, 0) is 14.3 Å². The summed E-state index contributed by atoms with van der Waals surface area (Å²) < 4.78 is 10.8. The highest BCUT2D eigenvalue weighted by atomic mass is 35.5. The standard InChI is InChI=1S/C16H21Cl2NO3/c1-2-21-16(20)4-3-7-19-8-9-22-15(11-19)12-5-6-13(17)14(18)10-12/h5-6,10,15H,2-4,7-9,11H2,1H3/t15-/m1/s1. The van der Waals surface area contributed by atoms with Gasteiger partial charge in [-0.1, -0.05) is 29.3 Å². The number of ether oxygens (including phenoxy) is 2. The van der Waals surface area contributed by atoms with Crippen LogP contribution in [0.4, 0.5) is 0 Å². The molecule has 122 valence electrons. The van der Waals surface area contributed by atoms with Crippen molar-refractivity contribution in [2.24, 2.45) is 0 Å². The second kappa shape index (κ2) is 8.73. The Morgan fingerprint density at radius 1 is 1.41 bits per heavy atom. The van der Waals surface area contributed by atoms with Crippen molar-refractivity contribution in [2.75, 3.05) is 32.8 Å². The zero-order chi connectivity index (χ0) is 15.9. The van der Waals surface area contributed by atoms with Gasteiger partial charge in [-0.25, -0.2) is 0 Å². The summed E-state index contributed by atoms with van der Waals surface area (Å²) in [5.41, 5.74) is 1.03. The average molecular weight is 346 g/mol. The second-order valence-electron chi connectivity index (χ2n) is 5.24. The van der Waals surface area contributed by atoms with Crippen LogP contribution in [0.5, 0.6) is 0 Å². The largest absolute Gasteiger partial charge is 0.466 e. The lowest BCUT2D eigenvalue weighted by atomic mass is 10.1. The Morgan fingerprint density at radius 3 is 2.95 bits per heavy atom. The van der Waals surface area contributed by atoms with Crippen LogP contribution in [0.1, 0.15) is 31.4 Å². The molecule has 0 aliphatic carbocycles. The van der Waals surface area contributed by atoms with Crippen molar-refractivity contribution < 1.29 is 14.3 Å². The minimum absolute atomic E-state index is 0.00823. The molecule has 1 aromatic rings. The average Bonchev–Trinajstić information content (AvgIpc) is 2.51. The first-order valence-corrected chi connectivity index (χ1v) is 8.30. The molecule has 0 amide bonds. The van der Waals surface area contributed by atoms with E-state index >= 15 is 0 Å². The second-order valence-corrected chi connectivity index (χ2v) is 6.06. The number of carbonyl (C=O) groups is 1. The summed E-state index contributed by atoms with van der Waals surface area (Å²) in [6.07, 6.45) is 1.25. The van der Waals surface area contributed by atoms with Gasteiger partial charge < -0.3 is 9.47 Å². The van der Waals surface area contributed by atoms with Crippen molar-refractivity contribution in [1.29, 1.82) is 0 Å². The van der Waals surface area contributed by atoms with Gasteiger partial charge in [-0.15, -0.1) is 0 Å². The number of benzene rings is 1. The first-order valence-electron chi connectivity index (χ1n) is 7.54. The molecule has 0 radical (unpaired) electrons. The van der Waals surface area contributed by atoms with Crippen LogP contribution in [-0.4, -0.2) is 43.7 Å². The highest BCUT2D eigenvalue weighted by molar-refractivity contribution is 6.42. The van der Waals surface area contributed by atoms with Crippen LogP contribution in [0, 0.1) is 0 Å². The van der Waals surface area contributed by atoms with Gasteiger partial charge in [-0.3, -0.25) is 9.69 Å². The summed E-state index contributed by atoms with van der Waals surface area (Å²) in [6, 6.07) is 5.60. The lowest BCUT2D eigenvalue weighted by molar-refractivity contribution is -0.143. The maximum Gasteiger partial charge on any atom is 0.305 e. The zero-order valence-corrected chi connectivity index (χ0v) is 14.2. The summed E-state index contributed by atoms with van der Waals surface area (Å²) in [4.78, 5) is 13.6. The van der Waals surface area contributed by atoms with E-state index < -0.39 is 0 Å². The lowest BCUT2D eigenvalue weighted by Crippen LogP contribution is -2.39. The molecule has 0 spiro atoms. The number of esters is 1. The predicted octanol–water partition coefficient (Wildman–Crippen LogP) is 3.71. The van der Waals surface area contributed by atoms with Crippen LogP contribution < -0.4 is 0 Å². The maximum absolute atomic E-state index is 11.3. The summed E-state index contributed by atoms with van der Waals surface area (Å²) in [7, 11) is 0. The highest BCUT2D eigenvalue weighted by Gasteiger charge is 2.22. The van der Waals surface area contributed by atoms with Crippen molar-refractivity contribution in [3.63, 3.8) is 0 Å². The molecule has 0 bridgehead atoms. The highest BCUT2D eigenvalue weighted by Crippen LogP contribution is 2.29. The fourth-order valence-corrected chi connectivity index (χ4v) is 2.81. The minimum atomic E-state index is -0.128. The Balaban J connectivity index is 1.83. The molecule has 2 rings (SSSR count). The quantitative estimate of drug-likeness (QED) is 0.736. The lowest BCUT2D eigenvalue weighted by Gasteiger charge is -2.33. The number of carbonyl (C=O) groups excluding carboxylic acids is 1. The fraction of sp³-hybridized carbons (Fsp3) is 0.562. The summed E-state index contributed by atoms with van der Waals surface area (Å²) in [5.74, 6) is -0.128. The van der Waals surface area contributed by atoms with Gasteiger partial charge in [0.15, 0.2) is 0 Å². The molecule has 4 nitrogen and oxygen atoms in total. The molecular formula is C16H21Cl2NO3. The number of halogens is 2. The van der Waals surface area contributed by atoms with E-state index in [1.165, 1.54) is 0 Å². The van der Waals surface area contributed by atoms with Crippen LogP contribution >= 0.6 is 23.2 Å². The maximum atomic E-state index is 11.3. The van der Waals surface area contributed by atoms with E-state index in [0.717, 1.165) is 31.6 Å². The number of nitrogens with zero attached hydrogens (tertiary/aromatic N) is 1. The molecule has 0 unspecified atom stereocenters. The van der Waals surface area contributed by atoms with E-state index in [1.54, 1.807) is 6.07 Å². The van der Waals surface area contributed by atoms with Crippen molar-refractivity contribution in [3.05, 3.63) is 33.8 Å². The molecule has 1 atom stereocenters. The van der Waals surface area contributed by atoms with Crippen molar-refractivity contribution in [3.8, 4) is 0 Å². The SMILES string of the molecule is CCOC(=O)CCCN1CCO[C@@H](c2ccc(Cl)c(Cl)c2)C1. The molecule has 1 fully saturated rings. The van der Waals surface area contributed by atoms with Crippen LogP contribution in [0.3, 0.4) is 0 Å². The smallest absolute Gasteiger partial charge is 0.305 e. The molecule has 6 heteroatoms. The van der Waals surface area contributed by atoms with Crippen LogP contribution in [0.15, 0.2) is 18.2 Å². The molecule has 1 saturated heterocycles. The van der Waals surface area contributed by atoms with Crippen molar-refractivity contribution >= 4 is 29.2 Å². The van der Waals surface area contributed by atoms with E-state index in [9.17, 15) is 4.79 Å². The van der Waals surface area contributed by atoms with Crippen LogP contribution in [0.25, 0.3) is 0 Å². The van der Waals surface area contributed by atoms with Crippen molar-refractivity contribution in [1.82, 2.24) is 4.90 Å². The number of hydrogen-bond donors (Lipinski definition) is 0. The van der Waals surface area contributed by atoms with Gasteiger partial charge in [0.1, 0.15) is 0 Å². The molecule has 0 N–H and O–H groups in total. The number of hydrogen-bond acceptors (Lipinski definition) is 4. The third-order valence-corrected chi connectivity index (χ3v) is 4.37. The predicted molar refractivity (Wildman–Crippen MR) is 87.5 cm³/mol. The van der Waals surface area contributed by atoms with E-state index in [0.29, 0.717) is 29.7 Å². The molecule has 1 heterocycles. The first kappa shape index (κ1) is 17.5. The summed E-state index contributed by atoms with van der Waals surface area (Å²) in [5, 5.41) is 1.09. The number of rotatable bonds is 6. The van der Waals surface area contributed by atoms with Gasteiger partial charge in [-0.2, -0.15) is 0 Å². The summed E-state index contributed by atoms with van der Waals surface area (Å²) >= 11 is 12.0. The molecule has 0 aromatic heterocycles. The molecule has 1 aliphatic heterocycles. The molecule has 1 aliphatic rings. The third-order valence-electron chi connectivity index (χ3n) is 3.63. The van der Waals surface area contributed by atoms with Gasteiger partial charge in [-0.05, 0) is 37.6 Å². The van der Waals surface area contributed by atoms with Gasteiger partial charge in [0.05, 0.1) is 29.4 Å². The molecule has 22 heavy (non-hydrogen) atoms. The van der Waals surface area contributed by atoms with Gasteiger partial charge in [0, 0.05) is 19.5 Å². The topological polar surface area (TPSA) is 38.8 Å². The van der Waals surface area contributed by atoms with Crippen molar-refractivity contribution in [2.45, 2.75) is 25.9 Å².